The van der Waals surface area contributed by atoms with Crippen molar-refractivity contribution in [3.05, 3.63) is 64.5 Å². The van der Waals surface area contributed by atoms with Crippen LogP contribution in [0.15, 0.2) is 30.9 Å². The van der Waals surface area contributed by atoms with Crippen molar-refractivity contribution >= 4 is 5.78 Å². The molecule has 0 fully saturated rings. The number of benzene rings is 2. The van der Waals surface area contributed by atoms with Crippen molar-refractivity contribution in [1.29, 1.82) is 0 Å². The van der Waals surface area contributed by atoms with Gasteiger partial charge in [0.15, 0.2) is 23.1 Å². The van der Waals surface area contributed by atoms with Gasteiger partial charge in [0.2, 0.25) is 0 Å². The summed E-state index contributed by atoms with van der Waals surface area (Å²) in [5.41, 5.74) is 0.711. The van der Waals surface area contributed by atoms with Crippen LogP contribution in [0.4, 0.5) is 4.39 Å². The SMILES string of the molecule is C=CC1(C)c2c(cc(OCC)c(OCC)c2F)C(C)(C)N1CC(=O)c1cc(C(C)(C)C)c(O)c(C(C)(C)C)c1. The first-order valence-corrected chi connectivity index (χ1v) is 13.8. The molecule has 1 N–H and O–H groups in total. The van der Waals surface area contributed by atoms with Crippen LogP contribution in [0.3, 0.4) is 0 Å². The van der Waals surface area contributed by atoms with Crippen LogP contribution in [0.1, 0.15) is 109 Å². The number of Topliss-reactive ketones (excluding diaryl/α,β-unsaturated/α-hetero) is 1. The van der Waals surface area contributed by atoms with Gasteiger partial charge in [0, 0.05) is 27.8 Å². The number of aromatic hydroxyl groups is 1. The van der Waals surface area contributed by atoms with Crippen molar-refractivity contribution in [3.63, 3.8) is 0 Å². The molecular weight excluding hydrogens is 493 g/mol. The Morgan fingerprint density at radius 2 is 1.51 bits per heavy atom. The number of ether oxygens (including phenoxy) is 2. The second-order valence-electron chi connectivity index (χ2n) is 13.1. The Bertz CT molecular complexity index is 1250. The van der Waals surface area contributed by atoms with Crippen molar-refractivity contribution < 1.29 is 23.8 Å². The Balaban J connectivity index is 2.19. The molecule has 1 heterocycles. The molecule has 0 radical (unpaired) electrons. The Kier molecular flexibility index (Phi) is 8.08. The maximum atomic E-state index is 16.2. The molecule has 5 nitrogen and oxygen atoms in total. The molecule has 3 rings (SSSR count). The van der Waals surface area contributed by atoms with E-state index >= 15 is 4.39 Å². The van der Waals surface area contributed by atoms with Crippen molar-refractivity contribution in [2.75, 3.05) is 19.8 Å². The lowest BCUT2D eigenvalue weighted by Crippen LogP contribution is -2.48. The summed E-state index contributed by atoms with van der Waals surface area (Å²) < 4.78 is 27.7. The molecule has 1 aliphatic heterocycles. The first-order chi connectivity index (χ1) is 17.9. The monoisotopic (exact) mass is 539 g/mol. The van der Waals surface area contributed by atoms with Gasteiger partial charge in [-0.3, -0.25) is 9.69 Å². The van der Waals surface area contributed by atoms with E-state index < -0.39 is 16.9 Å². The molecule has 0 saturated heterocycles. The summed E-state index contributed by atoms with van der Waals surface area (Å²) in [5.74, 6) is 0.0587. The molecule has 0 aromatic heterocycles. The number of fused-ring (bicyclic) bond motifs is 1. The quantitative estimate of drug-likeness (QED) is 0.274. The zero-order valence-electron chi connectivity index (χ0n) is 25.6. The fraction of sp³-hybridized carbons (Fsp3) is 0.545. The molecule has 1 atom stereocenters. The Morgan fingerprint density at radius 1 is 1.00 bits per heavy atom. The van der Waals surface area contributed by atoms with Gasteiger partial charge in [-0.1, -0.05) is 47.6 Å². The average molecular weight is 540 g/mol. The molecule has 0 amide bonds. The molecule has 0 spiro atoms. The van der Waals surface area contributed by atoms with Gasteiger partial charge in [0.05, 0.1) is 25.3 Å². The van der Waals surface area contributed by atoms with E-state index in [0.29, 0.717) is 30.1 Å². The lowest BCUT2D eigenvalue weighted by Gasteiger charge is -2.41. The molecule has 214 valence electrons. The molecule has 0 bridgehead atoms. The summed E-state index contributed by atoms with van der Waals surface area (Å²) in [6, 6.07) is 5.44. The highest BCUT2D eigenvalue weighted by Gasteiger charge is 2.53. The molecule has 0 saturated carbocycles. The number of hydrogen-bond donors (Lipinski definition) is 1. The van der Waals surface area contributed by atoms with Crippen LogP contribution in [0.25, 0.3) is 0 Å². The summed E-state index contributed by atoms with van der Waals surface area (Å²) in [4.78, 5) is 16.0. The van der Waals surface area contributed by atoms with Gasteiger partial charge in [0.1, 0.15) is 5.75 Å². The van der Waals surface area contributed by atoms with Crippen LogP contribution in [-0.4, -0.2) is 35.5 Å². The molecule has 2 aromatic carbocycles. The third-order valence-corrected chi connectivity index (χ3v) is 7.92. The van der Waals surface area contributed by atoms with Crippen LogP contribution < -0.4 is 9.47 Å². The fourth-order valence-electron chi connectivity index (χ4n) is 5.74. The van der Waals surface area contributed by atoms with Gasteiger partial charge in [-0.2, -0.15) is 0 Å². The minimum atomic E-state index is -0.980. The molecule has 1 unspecified atom stereocenters. The standard InChI is InChI=1S/C33H46FNO4/c1-13-33(12)26-21(18-25(38-14-2)29(27(26)34)39-15-3)32(10,11)35(33)19-24(36)20-16-22(30(4,5)6)28(37)23(17-20)31(7,8)9/h13,16-18,37H,1,14-15,19H2,2-12H3. The number of nitrogens with zero attached hydrogens (tertiary/aromatic N) is 1. The molecule has 2 aromatic rings. The maximum absolute atomic E-state index is 16.2. The summed E-state index contributed by atoms with van der Waals surface area (Å²) in [6.45, 7) is 26.4. The van der Waals surface area contributed by atoms with E-state index in [-0.39, 0.29) is 34.7 Å². The minimum Gasteiger partial charge on any atom is -0.507 e. The first kappa shape index (κ1) is 30.7. The number of hydrogen-bond acceptors (Lipinski definition) is 5. The van der Waals surface area contributed by atoms with Gasteiger partial charge < -0.3 is 14.6 Å². The van der Waals surface area contributed by atoms with Crippen LogP contribution in [0.2, 0.25) is 0 Å². The van der Waals surface area contributed by atoms with Gasteiger partial charge in [-0.05, 0) is 69.2 Å². The van der Waals surface area contributed by atoms with Crippen molar-refractivity contribution in [3.8, 4) is 17.2 Å². The number of halogens is 1. The van der Waals surface area contributed by atoms with Crippen LogP contribution in [0, 0.1) is 5.82 Å². The van der Waals surface area contributed by atoms with Crippen molar-refractivity contribution in [2.24, 2.45) is 0 Å². The van der Waals surface area contributed by atoms with E-state index in [1.807, 2.05) is 80.2 Å². The predicted molar refractivity (Wildman–Crippen MR) is 156 cm³/mol. The highest BCUT2D eigenvalue weighted by atomic mass is 19.1. The number of phenols is 1. The third-order valence-electron chi connectivity index (χ3n) is 7.92. The Labute approximate surface area is 234 Å². The largest absolute Gasteiger partial charge is 0.507 e. The Hall–Kier alpha value is -2.86. The summed E-state index contributed by atoms with van der Waals surface area (Å²) in [7, 11) is 0. The smallest absolute Gasteiger partial charge is 0.197 e. The van der Waals surface area contributed by atoms with Gasteiger partial charge in [-0.25, -0.2) is 4.39 Å². The van der Waals surface area contributed by atoms with Crippen molar-refractivity contribution in [1.82, 2.24) is 4.90 Å². The summed E-state index contributed by atoms with van der Waals surface area (Å²) in [5, 5.41) is 11.1. The van der Waals surface area contributed by atoms with E-state index in [0.717, 1.165) is 16.7 Å². The second kappa shape index (κ2) is 10.3. The van der Waals surface area contributed by atoms with E-state index in [4.69, 9.17) is 9.47 Å². The van der Waals surface area contributed by atoms with Gasteiger partial charge in [0.25, 0.3) is 0 Å². The summed E-state index contributed by atoms with van der Waals surface area (Å²) in [6.07, 6.45) is 1.70. The molecule has 6 heteroatoms. The lowest BCUT2D eigenvalue weighted by molar-refractivity contribution is 0.0493. The molecular formula is C33H46FNO4. The molecule has 0 aliphatic carbocycles. The fourth-order valence-corrected chi connectivity index (χ4v) is 5.74. The molecule has 1 aliphatic rings. The predicted octanol–water partition coefficient (Wildman–Crippen LogP) is 7.76. The normalized spacial score (nSPS) is 19.1. The molecule has 39 heavy (non-hydrogen) atoms. The van der Waals surface area contributed by atoms with E-state index in [1.54, 1.807) is 25.1 Å². The highest BCUT2D eigenvalue weighted by molar-refractivity contribution is 5.98. The zero-order chi connectivity index (χ0) is 29.7. The summed E-state index contributed by atoms with van der Waals surface area (Å²) >= 11 is 0. The number of carbonyl (C=O) groups excluding carboxylic acids is 1. The third kappa shape index (κ3) is 5.20. The van der Waals surface area contributed by atoms with E-state index in [1.165, 1.54) is 0 Å². The number of phenolic OH excluding ortho intramolecular Hbond substituents is 1. The topological polar surface area (TPSA) is 59.0 Å². The van der Waals surface area contributed by atoms with Crippen LogP contribution in [0.5, 0.6) is 17.2 Å². The zero-order valence-corrected chi connectivity index (χ0v) is 25.6. The van der Waals surface area contributed by atoms with Crippen LogP contribution >= 0.6 is 0 Å². The van der Waals surface area contributed by atoms with Crippen LogP contribution in [-0.2, 0) is 21.9 Å². The second-order valence-corrected chi connectivity index (χ2v) is 13.1. The maximum Gasteiger partial charge on any atom is 0.197 e. The average Bonchev–Trinajstić information content (AvgIpc) is 2.98. The van der Waals surface area contributed by atoms with E-state index in [2.05, 4.69) is 6.58 Å². The van der Waals surface area contributed by atoms with Crippen molar-refractivity contribution in [2.45, 2.75) is 98.1 Å². The number of rotatable bonds is 8. The number of ketones is 1. The van der Waals surface area contributed by atoms with E-state index in [9.17, 15) is 9.90 Å². The van der Waals surface area contributed by atoms with Gasteiger partial charge >= 0.3 is 0 Å². The van der Waals surface area contributed by atoms with Gasteiger partial charge in [-0.15, -0.1) is 6.58 Å². The number of carbonyl (C=O) groups is 1. The Morgan fingerprint density at radius 3 is 1.95 bits per heavy atom. The highest BCUT2D eigenvalue weighted by Crippen LogP contribution is 2.54. The lowest BCUT2D eigenvalue weighted by atomic mass is 9.78. The minimum absolute atomic E-state index is 0.0233. The first-order valence-electron chi connectivity index (χ1n) is 13.8.